The first-order valence-electron chi connectivity index (χ1n) is 1.57. The van der Waals surface area contributed by atoms with E-state index < -0.39 is 21.6 Å². The second kappa shape index (κ2) is 4.49. The third-order valence-electron chi connectivity index (χ3n) is 0.288. The van der Waals surface area contributed by atoms with E-state index in [1.165, 1.54) is 0 Å². The molecule has 0 aromatic rings. The predicted molar refractivity (Wildman–Crippen MR) is 22.7 cm³/mol. The van der Waals surface area contributed by atoms with Crippen molar-refractivity contribution in [3.05, 3.63) is 0 Å². The van der Waals surface area contributed by atoms with E-state index in [2.05, 4.69) is 9.26 Å². The first kappa shape index (κ1) is 7.33. The Morgan fingerprint density at radius 1 is 1.75 bits per heavy atom. The Hall–Kier alpha value is -0.670. The largest absolute Gasteiger partial charge is 0.507 e. The van der Waals surface area contributed by atoms with Gasteiger partial charge in [-0.25, -0.2) is 9.36 Å². The summed E-state index contributed by atoms with van der Waals surface area (Å²) in [5.41, 5.74) is 0. The topological polar surface area (TPSA) is 72.8 Å². The van der Waals surface area contributed by atoms with Gasteiger partial charge in [0.15, 0.2) is 0 Å². The summed E-state index contributed by atoms with van der Waals surface area (Å²) < 4.78 is 17.1. The third-order valence-corrected chi connectivity index (χ3v) is 0.499. The molecule has 0 atom stereocenters. The molecule has 0 aliphatic carbocycles. The van der Waals surface area contributed by atoms with Gasteiger partial charge in [-0.2, -0.15) is 0 Å². The minimum atomic E-state index is -1.45. The van der Waals surface area contributed by atoms with Crippen LogP contribution in [0.4, 0.5) is 4.79 Å². The van der Waals surface area contributed by atoms with Gasteiger partial charge in [0.25, 0.3) is 0 Å². The lowest BCUT2D eigenvalue weighted by atomic mass is 11.3. The zero-order valence-electron chi connectivity index (χ0n) is 3.73. The standard InChI is InChI=1S/C2H3O5P/c3-2(4)6-1-7-8-5/h1H2,(H,3,4). The van der Waals surface area contributed by atoms with E-state index in [9.17, 15) is 9.36 Å². The summed E-state index contributed by atoms with van der Waals surface area (Å²) in [7, 11) is -0.588. The maximum Gasteiger partial charge on any atom is 0.507 e. The molecule has 0 saturated carbocycles. The summed E-state index contributed by atoms with van der Waals surface area (Å²) in [6, 6.07) is 0. The number of hydrogen-bond acceptors (Lipinski definition) is 4. The van der Waals surface area contributed by atoms with Crippen molar-refractivity contribution < 1.29 is 23.7 Å². The minimum absolute atomic E-state index is 0.500. The predicted octanol–water partition coefficient (Wildman–Crippen LogP) is 0.862. The molecule has 0 unspecified atom stereocenters. The van der Waals surface area contributed by atoms with E-state index in [-0.39, 0.29) is 0 Å². The van der Waals surface area contributed by atoms with Gasteiger partial charge in [0.05, 0.1) is 0 Å². The van der Waals surface area contributed by atoms with Crippen LogP contribution in [0.5, 0.6) is 0 Å². The van der Waals surface area contributed by atoms with Crippen molar-refractivity contribution in [2.45, 2.75) is 0 Å². The zero-order valence-corrected chi connectivity index (χ0v) is 4.63. The van der Waals surface area contributed by atoms with Gasteiger partial charge >= 0.3 is 14.8 Å². The molecule has 46 valence electrons. The SMILES string of the molecule is O=POCOC(=O)O. The normalized spacial score (nSPS) is 9.00. The summed E-state index contributed by atoms with van der Waals surface area (Å²) in [4.78, 5) is 9.47. The number of rotatable bonds is 3. The second-order valence-electron chi connectivity index (χ2n) is 0.732. The average molecular weight is 138 g/mol. The lowest BCUT2D eigenvalue weighted by Gasteiger charge is -1.91. The van der Waals surface area contributed by atoms with Gasteiger partial charge in [-0.15, -0.1) is 0 Å². The molecule has 0 aromatic heterocycles. The molecule has 0 saturated heterocycles. The molecule has 0 spiro atoms. The van der Waals surface area contributed by atoms with Gasteiger partial charge in [-0.1, -0.05) is 0 Å². The van der Waals surface area contributed by atoms with Crippen LogP contribution in [0.3, 0.4) is 0 Å². The molecule has 0 fully saturated rings. The summed E-state index contributed by atoms with van der Waals surface area (Å²) in [6.07, 6.45) is -1.45. The van der Waals surface area contributed by atoms with Crippen molar-refractivity contribution in [1.82, 2.24) is 0 Å². The molecule has 8 heavy (non-hydrogen) atoms. The van der Waals surface area contributed by atoms with Crippen LogP contribution in [0.15, 0.2) is 0 Å². The Balaban J connectivity index is 2.93. The fraction of sp³-hybridized carbons (Fsp3) is 0.500. The fourth-order valence-corrected chi connectivity index (χ4v) is 0.194. The van der Waals surface area contributed by atoms with Crippen molar-refractivity contribution >= 4 is 14.8 Å². The first-order valence-corrected chi connectivity index (χ1v) is 2.30. The highest BCUT2D eigenvalue weighted by Crippen LogP contribution is 1.92. The van der Waals surface area contributed by atoms with Gasteiger partial charge in [-0.05, 0) is 0 Å². The van der Waals surface area contributed by atoms with E-state index >= 15 is 0 Å². The van der Waals surface area contributed by atoms with Crippen molar-refractivity contribution in [3.8, 4) is 0 Å². The minimum Gasteiger partial charge on any atom is -0.450 e. The lowest BCUT2D eigenvalue weighted by molar-refractivity contribution is 0.0319. The Labute approximate surface area is 46.5 Å². The molecule has 6 heteroatoms. The molecular weight excluding hydrogens is 135 g/mol. The maximum absolute atomic E-state index is 9.47. The highest BCUT2D eigenvalue weighted by atomic mass is 31.1. The van der Waals surface area contributed by atoms with Crippen LogP contribution in [-0.2, 0) is 13.8 Å². The van der Waals surface area contributed by atoms with Crippen LogP contribution < -0.4 is 0 Å². The number of ether oxygens (including phenoxy) is 1. The van der Waals surface area contributed by atoms with E-state index in [4.69, 9.17) is 5.11 Å². The van der Waals surface area contributed by atoms with E-state index in [1.807, 2.05) is 0 Å². The van der Waals surface area contributed by atoms with Crippen molar-refractivity contribution in [2.75, 3.05) is 6.79 Å². The monoisotopic (exact) mass is 138 g/mol. The molecule has 0 aliphatic heterocycles. The Bertz CT molecular complexity index is 90.4. The quantitative estimate of drug-likeness (QED) is 0.271. The Morgan fingerprint density at radius 2 is 2.38 bits per heavy atom. The van der Waals surface area contributed by atoms with Crippen molar-refractivity contribution in [1.29, 1.82) is 0 Å². The van der Waals surface area contributed by atoms with Crippen LogP contribution in [0.25, 0.3) is 0 Å². The molecule has 0 bridgehead atoms. The smallest absolute Gasteiger partial charge is 0.450 e. The van der Waals surface area contributed by atoms with E-state index in [1.54, 1.807) is 0 Å². The maximum atomic E-state index is 9.47. The molecule has 0 heterocycles. The molecule has 5 nitrogen and oxygen atoms in total. The van der Waals surface area contributed by atoms with E-state index in [0.29, 0.717) is 0 Å². The number of hydrogen-bond donors (Lipinski definition) is 1. The van der Waals surface area contributed by atoms with Gasteiger partial charge < -0.3 is 9.84 Å². The van der Waals surface area contributed by atoms with Crippen LogP contribution in [0.2, 0.25) is 0 Å². The molecule has 0 aromatic carbocycles. The number of carboxylic acid groups (broad SMARTS) is 1. The van der Waals surface area contributed by atoms with Gasteiger partial charge in [0.1, 0.15) is 0 Å². The van der Waals surface area contributed by atoms with Crippen LogP contribution in [-0.4, -0.2) is 18.1 Å². The average Bonchev–Trinajstić information content (AvgIpc) is 1.66. The van der Waals surface area contributed by atoms with Gasteiger partial charge in [0.2, 0.25) is 6.79 Å². The molecule has 0 radical (unpaired) electrons. The van der Waals surface area contributed by atoms with Gasteiger partial charge in [-0.3, -0.25) is 4.52 Å². The lowest BCUT2D eigenvalue weighted by Crippen LogP contribution is -2.00. The van der Waals surface area contributed by atoms with Crippen molar-refractivity contribution in [3.63, 3.8) is 0 Å². The highest BCUT2D eigenvalue weighted by Gasteiger charge is 1.92. The second-order valence-corrected chi connectivity index (χ2v) is 1.14. The van der Waals surface area contributed by atoms with Crippen molar-refractivity contribution in [2.24, 2.45) is 0 Å². The summed E-state index contributed by atoms with van der Waals surface area (Å²) in [6.45, 7) is -0.500. The zero-order chi connectivity index (χ0) is 6.41. The fourth-order valence-electron chi connectivity index (χ4n) is 0.0983. The van der Waals surface area contributed by atoms with Gasteiger partial charge in [0, 0.05) is 0 Å². The molecule has 0 rings (SSSR count). The Morgan fingerprint density at radius 3 is 2.75 bits per heavy atom. The third kappa shape index (κ3) is 5.33. The summed E-state index contributed by atoms with van der Waals surface area (Å²) in [5.74, 6) is 0. The summed E-state index contributed by atoms with van der Waals surface area (Å²) in [5, 5.41) is 7.73. The highest BCUT2D eigenvalue weighted by molar-refractivity contribution is 7.17. The molecular formula is C2H3O5P. The molecule has 1 N–H and O–H groups in total. The molecule has 0 amide bonds. The Kier molecular flexibility index (Phi) is 4.11. The van der Waals surface area contributed by atoms with Crippen LogP contribution in [0, 0.1) is 0 Å². The molecule has 0 aliphatic rings. The summed E-state index contributed by atoms with van der Waals surface area (Å²) >= 11 is 0. The first-order chi connectivity index (χ1) is 3.77. The van der Waals surface area contributed by atoms with Crippen LogP contribution in [0.1, 0.15) is 0 Å². The van der Waals surface area contributed by atoms with Crippen LogP contribution >= 0.6 is 8.69 Å². The number of carbonyl (C=O) groups is 1. The van der Waals surface area contributed by atoms with E-state index in [0.717, 1.165) is 0 Å².